The van der Waals surface area contributed by atoms with E-state index in [4.69, 9.17) is 9.47 Å². The van der Waals surface area contributed by atoms with Crippen molar-refractivity contribution in [3.05, 3.63) is 23.3 Å². The number of carbonyl (C=O) groups excluding carboxylic acids is 2. The third-order valence-corrected chi connectivity index (χ3v) is 2.73. The molecule has 6 nitrogen and oxygen atoms in total. The molecule has 1 N–H and O–H groups in total. The van der Waals surface area contributed by atoms with Gasteiger partial charge in [-0.05, 0) is 37.1 Å². The second-order valence-corrected chi connectivity index (χ2v) is 4.04. The Morgan fingerprint density at radius 1 is 1.32 bits per heavy atom. The van der Waals surface area contributed by atoms with Crippen LogP contribution in [0.15, 0.2) is 12.1 Å². The van der Waals surface area contributed by atoms with E-state index in [1.54, 1.807) is 13.0 Å². The van der Waals surface area contributed by atoms with Crippen LogP contribution in [-0.4, -0.2) is 25.3 Å². The number of fused-ring (bicyclic) bond motifs is 1. The van der Waals surface area contributed by atoms with E-state index in [9.17, 15) is 9.59 Å². The lowest BCUT2D eigenvalue weighted by molar-refractivity contribution is -0.154. The van der Waals surface area contributed by atoms with Gasteiger partial charge in [0.25, 0.3) is 0 Å². The molecule has 19 heavy (non-hydrogen) atoms. The summed E-state index contributed by atoms with van der Waals surface area (Å²) in [6.45, 7) is 4.16. The maximum absolute atomic E-state index is 11.4. The topological polar surface area (TPSA) is 73.9 Å². The summed E-state index contributed by atoms with van der Waals surface area (Å²) in [5.41, 5.74) is 1.82. The summed E-state index contributed by atoms with van der Waals surface area (Å²) in [6.07, 6.45) is 0. The lowest BCUT2D eigenvalue weighted by atomic mass is 10.1. The molecule has 0 spiro atoms. The van der Waals surface area contributed by atoms with Crippen molar-refractivity contribution in [2.24, 2.45) is 0 Å². The van der Waals surface area contributed by atoms with Gasteiger partial charge in [0.05, 0.1) is 6.61 Å². The normalized spacial score (nSPS) is 12.1. The Labute approximate surface area is 110 Å². The number of benzene rings is 1. The van der Waals surface area contributed by atoms with Crippen molar-refractivity contribution >= 4 is 11.9 Å². The summed E-state index contributed by atoms with van der Waals surface area (Å²) in [6, 6.07) is 3.64. The molecule has 0 radical (unpaired) electrons. The molecule has 1 aromatic rings. The summed E-state index contributed by atoms with van der Waals surface area (Å²) in [7, 11) is 0. The summed E-state index contributed by atoms with van der Waals surface area (Å²) < 4.78 is 15.1. The number of ether oxygens (including phenoxy) is 3. The molecule has 0 aliphatic carbocycles. The van der Waals surface area contributed by atoms with Crippen molar-refractivity contribution < 1.29 is 23.8 Å². The fourth-order valence-electron chi connectivity index (χ4n) is 1.72. The highest BCUT2D eigenvalue weighted by Crippen LogP contribution is 2.34. The lowest BCUT2D eigenvalue weighted by Gasteiger charge is -2.08. The van der Waals surface area contributed by atoms with Crippen LogP contribution < -0.4 is 14.8 Å². The maximum atomic E-state index is 11.4. The number of amides is 1. The zero-order valence-corrected chi connectivity index (χ0v) is 10.8. The van der Waals surface area contributed by atoms with E-state index in [1.165, 1.54) is 0 Å². The van der Waals surface area contributed by atoms with Crippen molar-refractivity contribution in [1.29, 1.82) is 0 Å². The van der Waals surface area contributed by atoms with Gasteiger partial charge < -0.3 is 19.5 Å². The van der Waals surface area contributed by atoms with Crippen LogP contribution in [0.3, 0.4) is 0 Å². The van der Waals surface area contributed by atoms with Gasteiger partial charge in [-0.2, -0.15) is 0 Å². The van der Waals surface area contributed by atoms with Crippen LogP contribution in [0.1, 0.15) is 18.1 Å². The SMILES string of the molecule is CCOC(=O)C(=O)NCc1cc2c(cc1C)OCO2. The highest BCUT2D eigenvalue weighted by molar-refractivity contribution is 6.32. The Bertz CT molecular complexity index is 512. The Morgan fingerprint density at radius 2 is 2.00 bits per heavy atom. The first-order chi connectivity index (χ1) is 9.11. The molecule has 0 atom stereocenters. The van der Waals surface area contributed by atoms with Gasteiger partial charge in [0.1, 0.15) is 0 Å². The van der Waals surface area contributed by atoms with Crippen molar-refractivity contribution in [3.63, 3.8) is 0 Å². The molecule has 1 aliphatic rings. The fourth-order valence-corrected chi connectivity index (χ4v) is 1.72. The standard InChI is InChI=1S/C13H15NO5/c1-3-17-13(16)12(15)14-6-9-5-11-10(4-8(9)2)18-7-19-11/h4-5H,3,6-7H2,1-2H3,(H,14,15). The average molecular weight is 265 g/mol. The Kier molecular flexibility index (Phi) is 3.89. The number of nitrogens with one attached hydrogen (secondary N) is 1. The number of hydrogen-bond donors (Lipinski definition) is 1. The molecular formula is C13H15NO5. The van der Waals surface area contributed by atoms with E-state index in [2.05, 4.69) is 10.1 Å². The van der Waals surface area contributed by atoms with Crippen molar-refractivity contribution in [1.82, 2.24) is 5.32 Å². The molecule has 1 aromatic carbocycles. The van der Waals surface area contributed by atoms with E-state index < -0.39 is 11.9 Å². The van der Waals surface area contributed by atoms with Gasteiger partial charge in [-0.3, -0.25) is 4.79 Å². The van der Waals surface area contributed by atoms with Gasteiger partial charge in [0.2, 0.25) is 6.79 Å². The van der Waals surface area contributed by atoms with Gasteiger partial charge in [0.15, 0.2) is 11.5 Å². The number of hydrogen-bond acceptors (Lipinski definition) is 5. The maximum Gasteiger partial charge on any atom is 0.396 e. The minimum atomic E-state index is -0.874. The first kappa shape index (κ1) is 13.2. The Hall–Kier alpha value is -2.24. The fraction of sp³-hybridized carbons (Fsp3) is 0.385. The zero-order valence-electron chi connectivity index (χ0n) is 10.8. The molecule has 1 amide bonds. The smallest absolute Gasteiger partial charge is 0.396 e. The quantitative estimate of drug-likeness (QED) is 0.649. The molecule has 1 heterocycles. The van der Waals surface area contributed by atoms with Gasteiger partial charge in [-0.15, -0.1) is 0 Å². The summed E-state index contributed by atoms with van der Waals surface area (Å²) in [5.74, 6) is -0.288. The van der Waals surface area contributed by atoms with Crippen molar-refractivity contribution in [3.8, 4) is 11.5 Å². The number of carbonyl (C=O) groups is 2. The molecular weight excluding hydrogens is 250 g/mol. The van der Waals surface area contributed by atoms with Crippen LogP contribution >= 0.6 is 0 Å². The van der Waals surface area contributed by atoms with E-state index in [0.717, 1.165) is 11.1 Å². The Balaban J connectivity index is 2.00. The van der Waals surface area contributed by atoms with Gasteiger partial charge in [-0.1, -0.05) is 0 Å². The van der Waals surface area contributed by atoms with Gasteiger partial charge >= 0.3 is 11.9 Å². The lowest BCUT2D eigenvalue weighted by Crippen LogP contribution is -2.32. The van der Waals surface area contributed by atoms with Crippen LogP contribution in [0, 0.1) is 6.92 Å². The first-order valence-electron chi connectivity index (χ1n) is 5.96. The third-order valence-electron chi connectivity index (χ3n) is 2.73. The summed E-state index contributed by atoms with van der Waals surface area (Å²) in [5, 5.41) is 2.51. The van der Waals surface area contributed by atoms with Crippen LogP contribution in [0.25, 0.3) is 0 Å². The van der Waals surface area contributed by atoms with Crippen LogP contribution in [0.5, 0.6) is 11.5 Å². The molecule has 0 bridgehead atoms. The number of aryl methyl sites for hydroxylation is 1. The number of rotatable bonds is 3. The third kappa shape index (κ3) is 2.96. The first-order valence-corrected chi connectivity index (χ1v) is 5.96. The van der Waals surface area contributed by atoms with Crippen molar-refractivity contribution in [2.75, 3.05) is 13.4 Å². The second kappa shape index (κ2) is 5.60. The molecule has 102 valence electrons. The van der Waals surface area contributed by atoms with E-state index >= 15 is 0 Å². The van der Waals surface area contributed by atoms with Crippen molar-refractivity contribution in [2.45, 2.75) is 20.4 Å². The van der Waals surface area contributed by atoms with Crippen LogP contribution in [0.4, 0.5) is 0 Å². The monoisotopic (exact) mass is 265 g/mol. The second-order valence-electron chi connectivity index (χ2n) is 4.04. The molecule has 6 heteroatoms. The highest BCUT2D eigenvalue weighted by Gasteiger charge is 2.18. The predicted octanol–water partition coefficient (Wildman–Crippen LogP) is 0.903. The minimum absolute atomic E-state index is 0.176. The van der Waals surface area contributed by atoms with E-state index in [-0.39, 0.29) is 19.9 Å². The van der Waals surface area contributed by atoms with Gasteiger partial charge in [0, 0.05) is 6.54 Å². The van der Waals surface area contributed by atoms with Gasteiger partial charge in [-0.25, -0.2) is 4.79 Å². The molecule has 0 fully saturated rings. The summed E-state index contributed by atoms with van der Waals surface area (Å²) >= 11 is 0. The molecule has 0 aromatic heterocycles. The predicted molar refractivity (Wildman–Crippen MR) is 65.8 cm³/mol. The zero-order chi connectivity index (χ0) is 13.8. The molecule has 0 saturated carbocycles. The van der Waals surface area contributed by atoms with Crippen LogP contribution in [0.2, 0.25) is 0 Å². The number of esters is 1. The summed E-state index contributed by atoms with van der Waals surface area (Å²) in [4.78, 5) is 22.6. The molecule has 0 saturated heterocycles. The van der Waals surface area contributed by atoms with Crippen LogP contribution in [-0.2, 0) is 20.9 Å². The molecule has 1 aliphatic heterocycles. The highest BCUT2D eigenvalue weighted by atomic mass is 16.7. The Morgan fingerprint density at radius 3 is 2.68 bits per heavy atom. The average Bonchev–Trinajstić information content (AvgIpc) is 2.82. The van der Waals surface area contributed by atoms with E-state index in [1.807, 2.05) is 13.0 Å². The minimum Gasteiger partial charge on any atom is -0.459 e. The van der Waals surface area contributed by atoms with E-state index in [0.29, 0.717) is 11.5 Å². The molecule has 2 rings (SSSR count). The largest absolute Gasteiger partial charge is 0.459 e. The molecule has 0 unspecified atom stereocenters.